The zero-order valence-corrected chi connectivity index (χ0v) is 15.6. The van der Waals surface area contributed by atoms with Gasteiger partial charge in [-0.05, 0) is 44.5 Å². The first-order chi connectivity index (χ1) is 11.4. The summed E-state index contributed by atoms with van der Waals surface area (Å²) in [7, 11) is 3.70. The maximum Gasteiger partial charge on any atom is 0.177 e. The number of ketones is 1. The van der Waals surface area contributed by atoms with E-state index in [1.165, 1.54) is 5.56 Å². The number of nitrogens with zero attached hydrogens (tertiary/aromatic N) is 1. The third kappa shape index (κ3) is 1.70. The van der Waals surface area contributed by atoms with Crippen LogP contribution in [0.2, 0.25) is 0 Å². The summed E-state index contributed by atoms with van der Waals surface area (Å²) in [6.07, 6.45) is 1.45. The molecule has 2 heterocycles. The molecule has 0 amide bonds. The van der Waals surface area contributed by atoms with Gasteiger partial charge in [-0.2, -0.15) is 0 Å². The minimum absolute atomic E-state index is 0. The van der Waals surface area contributed by atoms with E-state index in [0.717, 1.165) is 24.9 Å². The molecule has 5 rings (SSSR count). The van der Waals surface area contributed by atoms with E-state index in [1.807, 2.05) is 13.0 Å². The number of hydrogen-bond acceptors (Lipinski definition) is 5. The quantitative estimate of drug-likeness (QED) is 0.821. The largest absolute Gasteiger partial charge is 0.493 e. The lowest BCUT2D eigenvalue weighted by atomic mass is 9.47. The molecule has 1 aromatic carbocycles. The van der Waals surface area contributed by atoms with Gasteiger partial charge in [-0.25, -0.2) is 0 Å². The van der Waals surface area contributed by atoms with Crippen molar-refractivity contribution in [1.82, 2.24) is 4.90 Å². The van der Waals surface area contributed by atoms with E-state index < -0.39 is 17.1 Å². The van der Waals surface area contributed by atoms with Crippen molar-refractivity contribution in [2.75, 3.05) is 20.7 Å². The Bertz CT molecular complexity index is 768. The van der Waals surface area contributed by atoms with Crippen LogP contribution in [-0.4, -0.2) is 54.2 Å². The third-order valence-corrected chi connectivity index (χ3v) is 7.05. The van der Waals surface area contributed by atoms with Gasteiger partial charge in [-0.1, -0.05) is 13.0 Å². The first-order valence-corrected chi connectivity index (χ1v) is 8.77. The highest BCUT2D eigenvalue weighted by molar-refractivity contribution is 5.91. The Labute approximate surface area is 153 Å². The van der Waals surface area contributed by atoms with Crippen molar-refractivity contribution >= 4 is 18.2 Å². The first kappa shape index (κ1) is 17.1. The standard InChI is InChI=1S/C19H23NO4.ClH/c1-10-9-19(22)13-8-11-4-5-12(23-3)16-14(11)18(19,6-7-20(13)2)17(24-16)15(10)21;/h4-5,10,13,17,22H,6-9H2,1-3H3;1H/t10-,13+,17-,18-,19+;/m0./s1. The Morgan fingerprint density at radius 1 is 1.40 bits per heavy atom. The number of rotatable bonds is 1. The number of benzene rings is 1. The van der Waals surface area contributed by atoms with Crippen LogP contribution in [0.5, 0.6) is 11.5 Å². The minimum atomic E-state index is -0.928. The molecule has 1 saturated carbocycles. The van der Waals surface area contributed by atoms with Crippen molar-refractivity contribution < 1.29 is 19.4 Å². The molecule has 5 atom stereocenters. The number of halogens is 1. The molecule has 1 saturated heterocycles. The number of methoxy groups -OCH3 is 1. The predicted molar refractivity (Wildman–Crippen MR) is 94.8 cm³/mol. The summed E-state index contributed by atoms with van der Waals surface area (Å²) in [5.41, 5.74) is 0.684. The molecule has 25 heavy (non-hydrogen) atoms. The van der Waals surface area contributed by atoms with Gasteiger partial charge in [0.25, 0.3) is 0 Å². The molecule has 1 aromatic rings. The SMILES string of the molecule is COc1ccc2c3c1O[C@H]1C(=O)[C@@H](C)C[C@@]4(O)[C@@H](C2)N(C)CC[C@]314.Cl. The molecule has 136 valence electrons. The van der Waals surface area contributed by atoms with Crippen molar-refractivity contribution in [2.24, 2.45) is 5.92 Å². The number of hydrogen-bond donors (Lipinski definition) is 1. The second-order valence-electron chi connectivity index (χ2n) is 7.98. The predicted octanol–water partition coefficient (Wildman–Crippen LogP) is 1.72. The average Bonchev–Trinajstić information content (AvgIpc) is 2.90. The fraction of sp³-hybridized carbons (Fsp3) is 0.632. The zero-order valence-electron chi connectivity index (χ0n) is 14.7. The van der Waals surface area contributed by atoms with Gasteiger partial charge in [0.15, 0.2) is 23.4 Å². The van der Waals surface area contributed by atoms with Gasteiger partial charge in [-0.15, -0.1) is 12.4 Å². The molecule has 1 spiro atoms. The Morgan fingerprint density at radius 2 is 2.16 bits per heavy atom. The molecule has 4 aliphatic rings. The van der Waals surface area contributed by atoms with E-state index >= 15 is 0 Å². The lowest BCUT2D eigenvalue weighted by Gasteiger charge is -2.62. The number of likely N-dealkylation sites (tertiary alicyclic amines) is 1. The van der Waals surface area contributed by atoms with Crippen LogP contribution in [0.4, 0.5) is 0 Å². The van der Waals surface area contributed by atoms with Crippen LogP contribution in [0.3, 0.4) is 0 Å². The van der Waals surface area contributed by atoms with Crippen molar-refractivity contribution in [3.63, 3.8) is 0 Å². The lowest BCUT2D eigenvalue weighted by Crippen LogP contribution is -2.77. The number of aliphatic hydroxyl groups is 1. The van der Waals surface area contributed by atoms with Crippen LogP contribution in [0.1, 0.15) is 30.9 Å². The summed E-state index contributed by atoms with van der Waals surface area (Å²) in [6, 6.07) is 4.04. The minimum Gasteiger partial charge on any atom is -0.493 e. The molecule has 2 aliphatic carbocycles. The van der Waals surface area contributed by atoms with Crippen molar-refractivity contribution in [3.8, 4) is 11.5 Å². The molecule has 0 radical (unpaired) electrons. The van der Waals surface area contributed by atoms with Crippen LogP contribution in [0.25, 0.3) is 0 Å². The molecule has 1 N–H and O–H groups in total. The number of piperidine rings is 1. The third-order valence-electron chi connectivity index (χ3n) is 7.05. The van der Waals surface area contributed by atoms with Gasteiger partial charge in [0, 0.05) is 17.5 Å². The molecule has 6 heteroatoms. The van der Waals surface area contributed by atoms with Gasteiger partial charge < -0.3 is 19.5 Å². The maximum absolute atomic E-state index is 13.0. The van der Waals surface area contributed by atoms with Crippen molar-refractivity contribution in [1.29, 1.82) is 0 Å². The normalized spacial score (nSPS) is 40.8. The van der Waals surface area contributed by atoms with Crippen LogP contribution < -0.4 is 9.47 Å². The molecule has 2 fully saturated rings. The molecular formula is C19H24ClNO4. The average molecular weight is 366 g/mol. The number of carbonyl (C=O) groups excluding carboxylic acids is 1. The summed E-state index contributed by atoms with van der Waals surface area (Å²) < 4.78 is 11.7. The Hall–Kier alpha value is -1.30. The molecule has 5 nitrogen and oxygen atoms in total. The zero-order chi connectivity index (χ0) is 16.9. The first-order valence-electron chi connectivity index (χ1n) is 8.77. The highest BCUT2D eigenvalue weighted by Crippen LogP contribution is 2.65. The van der Waals surface area contributed by atoms with Gasteiger partial charge in [0.2, 0.25) is 0 Å². The van der Waals surface area contributed by atoms with Crippen molar-refractivity contribution in [3.05, 3.63) is 23.3 Å². The van der Waals surface area contributed by atoms with E-state index in [0.29, 0.717) is 17.9 Å². The Balaban J connectivity index is 0.00000157. The van der Waals surface area contributed by atoms with E-state index in [1.54, 1.807) is 7.11 Å². The topological polar surface area (TPSA) is 59.0 Å². The van der Waals surface area contributed by atoms with Crippen LogP contribution in [-0.2, 0) is 16.6 Å². The Morgan fingerprint density at radius 3 is 2.88 bits per heavy atom. The summed E-state index contributed by atoms with van der Waals surface area (Å²) in [6.45, 7) is 2.78. The summed E-state index contributed by atoms with van der Waals surface area (Å²) in [5, 5.41) is 11.9. The molecule has 2 bridgehead atoms. The second kappa shape index (κ2) is 5.12. The Kier molecular flexibility index (Phi) is 3.51. The van der Waals surface area contributed by atoms with Gasteiger partial charge in [0.1, 0.15) is 0 Å². The van der Waals surface area contributed by atoms with Crippen LogP contribution in [0, 0.1) is 5.92 Å². The monoisotopic (exact) mass is 365 g/mol. The fourth-order valence-corrected chi connectivity index (χ4v) is 5.96. The fourth-order valence-electron chi connectivity index (χ4n) is 5.96. The number of Topliss-reactive ketones (excluding diaryl/α,β-unsaturated/α-hetero) is 1. The molecule has 0 unspecified atom stereocenters. The molecule has 0 aromatic heterocycles. The number of likely N-dealkylation sites (N-methyl/N-ethyl adjacent to an activating group) is 1. The van der Waals surface area contributed by atoms with Crippen LogP contribution >= 0.6 is 12.4 Å². The van der Waals surface area contributed by atoms with E-state index in [2.05, 4.69) is 18.0 Å². The summed E-state index contributed by atoms with van der Waals surface area (Å²) in [5.74, 6) is 1.28. The number of ether oxygens (including phenoxy) is 2. The van der Waals surface area contributed by atoms with E-state index in [9.17, 15) is 9.90 Å². The van der Waals surface area contributed by atoms with Gasteiger partial charge in [-0.3, -0.25) is 4.79 Å². The summed E-state index contributed by atoms with van der Waals surface area (Å²) in [4.78, 5) is 15.2. The van der Waals surface area contributed by atoms with Crippen molar-refractivity contribution in [2.45, 2.75) is 49.3 Å². The van der Waals surface area contributed by atoms with Gasteiger partial charge >= 0.3 is 0 Å². The van der Waals surface area contributed by atoms with E-state index in [-0.39, 0.29) is 30.2 Å². The number of carbonyl (C=O) groups is 1. The maximum atomic E-state index is 13.0. The smallest absolute Gasteiger partial charge is 0.177 e. The second-order valence-corrected chi connectivity index (χ2v) is 7.98. The molecule has 2 aliphatic heterocycles. The van der Waals surface area contributed by atoms with E-state index in [4.69, 9.17) is 9.47 Å². The van der Waals surface area contributed by atoms with Crippen LogP contribution in [0.15, 0.2) is 12.1 Å². The highest BCUT2D eigenvalue weighted by atomic mass is 35.5. The lowest BCUT2D eigenvalue weighted by molar-refractivity contribution is -0.193. The highest BCUT2D eigenvalue weighted by Gasteiger charge is 2.73. The summed E-state index contributed by atoms with van der Waals surface area (Å²) >= 11 is 0. The van der Waals surface area contributed by atoms with Gasteiger partial charge in [0.05, 0.1) is 18.1 Å². The molecular weight excluding hydrogens is 342 g/mol.